The van der Waals surface area contributed by atoms with Crippen LogP contribution in [0.2, 0.25) is 10.0 Å². The van der Waals surface area contributed by atoms with Crippen molar-refractivity contribution in [3.63, 3.8) is 0 Å². The van der Waals surface area contributed by atoms with Gasteiger partial charge in [0.1, 0.15) is 0 Å². The van der Waals surface area contributed by atoms with Crippen molar-refractivity contribution >= 4 is 51.9 Å². The van der Waals surface area contributed by atoms with Crippen LogP contribution in [0.3, 0.4) is 0 Å². The van der Waals surface area contributed by atoms with E-state index in [0.717, 1.165) is 17.0 Å². The van der Waals surface area contributed by atoms with E-state index in [0.29, 0.717) is 15.2 Å². The molecule has 21 heavy (non-hydrogen) atoms. The van der Waals surface area contributed by atoms with Crippen LogP contribution < -0.4 is 10.7 Å². The molecule has 0 aliphatic heterocycles. The zero-order chi connectivity index (χ0) is 15.2. The number of pyridine rings is 1. The molecule has 0 saturated carbocycles. The summed E-state index contributed by atoms with van der Waals surface area (Å²) in [6.07, 6.45) is 3.44. The quantitative estimate of drug-likeness (QED) is 0.502. The van der Waals surface area contributed by atoms with E-state index < -0.39 is 0 Å². The Labute approximate surface area is 138 Å². The second-order valence-corrected chi connectivity index (χ2v) is 5.36. The molecule has 7 heteroatoms. The minimum absolute atomic E-state index is 0.358. The first kappa shape index (κ1) is 15.7. The third-order valence-corrected chi connectivity index (χ3v) is 3.51. The van der Waals surface area contributed by atoms with Crippen molar-refractivity contribution in [2.45, 2.75) is 6.92 Å². The highest BCUT2D eigenvalue weighted by molar-refractivity contribution is 7.80. The number of hydrogen-bond donors (Lipinski definition) is 2. The molecule has 0 aliphatic carbocycles. The summed E-state index contributed by atoms with van der Waals surface area (Å²) in [6, 6.07) is 8.93. The number of rotatable bonds is 3. The standard InChI is InChI=1S/C14H12Cl2N4S/c1-9(10-3-2-6-17-8-10)19-20-14(21)18-11-4-5-12(15)13(16)7-11/h2-8H,1H3,(H2,18,20,21)/b19-9-. The maximum Gasteiger partial charge on any atom is 0.191 e. The minimum Gasteiger partial charge on any atom is -0.331 e. The molecule has 4 nitrogen and oxygen atoms in total. The normalized spacial score (nSPS) is 11.1. The number of hydrogen-bond acceptors (Lipinski definition) is 3. The predicted octanol–water partition coefficient (Wildman–Crippen LogP) is 4.10. The Morgan fingerprint density at radius 1 is 1.24 bits per heavy atom. The largest absolute Gasteiger partial charge is 0.331 e. The molecule has 108 valence electrons. The average molecular weight is 339 g/mol. The molecule has 0 unspecified atom stereocenters. The van der Waals surface area contributed by atoms with Crippen LogP contribution >= 0.6 is 35.4 Å². The lowest BCUT2D eigenvalue weighted by atomic mass is 10.2. The molecule has 1 aromatic carbocycles. The Balaban J connectivity index is 1.97. The smallest absolute Gasteiger partial charge is 0.191 e. The molecule has 1 heterocycles. The first-order valence-electron chi connectivity index (χ1n) is 6.03. The molecule has 1 aromatic heterocycles. The number of hydrazone groups is 1. The van der Waals surface area contributed by atoms with Gasteiger partial charge in [0.2, 0.25) is 0 Å². The first-order valence-corrected chi connectivity index (χ1v) is 7.19. The third kappa shape index (κ3) is 4.67. The molecule has 0 radical (unpaired) electrons. The fourth-order valence-corrected chi connectivity index (χ4v) is 1.97. The van der Waals surface area contributed by atoms with E-state index in [2.05, 4.69) is 20.8 Å². The van der Waals surface area contributed by atoms with E-state index in [9.17, 15) is 0 Å². The van der Waals surface area contributed by atoms with Gasteiger partial charge in [-0.2, -0.15) is 5.10 Å². The van der Waals surface area contributed by atoms with Crippen LogP contribution in [0.5, 0.6) is 0 Å². The number of anilines is 1. The summed E-state index contributed by atoms with van der Waals surface area (Å²) in [5, 5.41) is 8.47. The molecular formula is C14H12Cl2N4S. The van der Waals surface area contributed by atoms with Crippen LogP contribution in [0, 0.1) is 0 Å². The van der Waals surface area contributed by atoms with E-state index in [4.69, 9.17) is 35.4 Å². The zero-order valence-electron chi connectivity index (χ0n) is 11.1. The molecule has 0 fully saturated rings. The number of aromatic nitrogens is 1. The molecule has 0 amide bonds. The summed E-state index contributed by atoms with van der Waals surface area (Å²) < 4.78 is 0. The Hall–Kier alpha value is -1.69. The Morgan fingerprint density at radius 3 is 2.71 bits per heavy atom. The molecule has 2 N–H and O–H groups in total. The summed E-state index contributed by atoms with van der Waals surface area (Å²) in [7, 11) is 0. The van der Waals surface area contributed by atoms with Gasteiger partial charge >= 0.3 is 0 Å². The highest BCUT2D eigenvalue weighted by Gasteiger charge is 2.02. The van der Waals surface area contributed by atoms with Crippen molar-refractivity contribution in [2.24, 2.45) is 5.10 Å². The van der Waals surface area contributed by atoms with Gasteiger partial charge in [0, 0.05) is 23.6 Å². The van der Waals surface area contributed by atoms with Crippen molar-refractivity contribution in [1.82, 2.24) is 10.4 Å². The third-order valence-electron chi connectivity index (χ3n) is 2.58. The van der Waals surface area contributed by atoms with Crippen molar-refractivity contribution in [3.8, 4) is 0 Å². The second kappa shape index (κ2) is 7.36. The average Bonchev–Trinajstić information content (AvgIpc) is 2.49. The summed E-state index contributed by atoms with van der Waals surface area (Å²) in [4.78, 5) is 4.03. The van der Waals surface area contributed by atoms with Gasteiger partial charge < -0.3 is 5.32 Å². The Kier molecular flexibility index (Phi) is 5.50. The summed E-state index contributed by atoms with van der Waals surface area (Å²) in [5.74, 6) is 0. The van der Waals surface area contributed by atoms with E-state index in [1.165, 1.54) is 0 Å². The summed E-state index contributed by atoms with van der Waals surface area (Å²) in [6.45, 7) is 1.87. The van der Waals surface area contributed by atoms with Crippen LogP contribution in [0.1, 0.15) is 12.5 Å². The number of halogens is 2. The monoisotopic (exact) mass is 338 g/mol. The van der Waals surface area contributed by atoms with E-state index in [-0.39, 0.29) is 0 Å². The highest BCUT2D eigenvalue weighted by atomic mass is 35.5. The lowest BCUT2D eigenvalue weighted by molar-refractivity contribution is 1.04. The predicted molar refractivity (Wildman–Crippen MR) is 92.3 cm³/mol. The van der Waals surface area contributed by atoms with Gasteiger partial charge in [-0.15, -0.1) is 0 Å². The van der Waals surface area contributed by atoms with E-state index in [1.807, 2.05) is 19.1 Å². The molecular weight excluding hydrogens is 327 g/mol. The molecule has 2 rings (SSSR count). The fraction of sp³-hybridized carbons (Fsp3) is 0.0714. The highest BCUT2D eigenvalue weighted by Crippen LogP contribution is 2.24. The van der Waals surface area contributed by atoms with Gasteiger partial charge in [-0.25, -0.2) is 0 Å². The van der Waals surface area contributed by atoms with Crippen molar-refractivity contribution in [1.29, 1.82) is 0 Å². The number of nitrogens with one attached hydrogen (secondary N) is 2. The molecule has 0 saturated heterocycles. The summed E-state index contributed by atoms with van der Waals surface area (Å²) in [5.41, 5.74) is 5.20. The van der Waals surface area contributed by atoms with Crippen molar-refractivity contribution in [2.75, 3.05) is 5.32 Å². The van der Waals surface area contributed by atoms with Gasteiger partial charge in [0.05, 0.1) is 15.8 Å². The number of benzene rings is 1. The maximum atomic E-state index is 5.93. The number of nitrogens with zero attached hydrogens (tertiary/aromatic N) is 2. The number of thiocarbonyl (C=S) groups is 1. The Morgan fingerprint density at radius 2 is 2.05 bits per heavy atom. The molecule has 0 atom stereocenters. The molecule has 0 spiro atoms. The van der Waals surface area contributed by atoms with Gasteiger partial charge in [-0.1, -0.05) is 29.3 Å². The van der Waals surface area contributed by atoms with E-state index >= 15 is 0 Å². The van der Waals surface area contributed by atoms with Crippen molar-refractivity contribution < 1.29 is 0 Å². The van der Waals surface area contributed by atoms with Crippen LogP contribution in [0.15, 0.2) is 47.8 Å². The maximum absolute atomic E-state index is 5.93. The molecule has 2 aromatic rings. The lowest BCUT2D eigenvalue weighted by Crippen LogP contribution is -2.25. The van der Waals surface area contributed by atoms with Gasteiger partial charge in [-0.05, 0) is 43.4 Å². The van der Waals surface area contributed by atoms with Crippen LogP contribution in [0.4, 0.5) is 5.69 Å². The fourth-order valence-electron chi connectivity index (χ4n) is 1.51. The van der Waals surface area contributed by atoms with Crippen LogP contribution in [-0.2, 0) is 0 Å². The minimum atomic E-state index is 0.358. The second-order valence-electron chi connectivity index (χ2n) is 4.13. The van der Waals surface area contributed by atoms with Gasteiger partial charge in [0.25, 0.3) is 0 Å². The van der Waals surface area contributed by atoms with E-state index in [1.54, 1.807) is 30.6 Å². The van der Waals surface area contributed by atoms with Crippen molar-refractivity contribution in [3.05, 3.63) is 58.3 Å². The van der Waals surface area contributed by atoms with Crippen LogP contribution in [0.25, 0.3) is 0 Å². The lowest BCUT2D eigenvalue weighted by Gasteiger charge is -2.08. The molecule has 0 bridgehead atoms. The molecule has 0 aliphatic rings. The van der Waals surface area contributed by atoms with Crippen LogP contribution in [-0.4, -0.2) is 15.8 Å². The zero-order valence-corrected chi connectivity index (χ0v) is 13.4. The first-order chi connectivity index (χ1) is 10.1. The topological polar surface area (TPSA) is 49.3 Å². The van der Waals surface area contributed by atoms with Gasteiger partial charge in [-0.3, -0.25) is 10.4 Å². The van der Waals surface area contributed by atoms with Gasteiger partial charge in [0.15, 0.2) is 5.11 Å². The Bertz CT molecular complexity index is 674. The summed E-state index contributed by atoms with van der Waals surface area (Å²) >= 11 is 16.9. The SMILES string of the molecule is C/C(=N/NC(=S)Nc1ccc(Cl)c(Cl)c1)c1cccnc1.